The second kappa shape index (κ2) is 10.3. The van der Waals surface area contributed by atoms with Gasteiger partial charge in [0.25, 0.3) is 10.0 Å². The third-order valence-electron chi connectivity index (χ3n) is 6.54. The lowest BCUT2D eigenvalue weighted by atomic mass is 10.0. The molecule has 37 heavy (non-hydrogen) atoms. The SMILES string of the molecule is COc1ccc(Cl)cc1SC[C@@H]1[C@@H](c2ccc(S(=O)(=O)N(C(=O)OC(C)(C)C)C(C)(C)C)cc2)C1(C)C. The number of amides is 1. The first-order valence-electron chi connectivity index (χ1n) is 12.2. The third kappa shape index (κ3) is 6.58. The van der Waals surface area contributed by atoms with Crippen molar-refractivity contribution in [3.63, 3.8) is 0 Å². The zero-order valence-electron chi connectivity index (χ0n) is 23.1. The highest BCUT2D eigenvalue weighted by molar-refractivity contribution is 7.99. The van der Waals surface area contributed by atoms with E-state index in [2.05, 4.69) is 13.8 Å². The first-order valence-corrected chi connectivity index (χ1v) is 15.0. The molecular formula is C28H38ClNO5S2. The summed E-state index contributed by atoms with van der Waals surface area (Å²) < 4.78 is 38.8. The van der Waals surface area contributed by atoms with Gasteiger partial charge in [0.05, 0.1) is 22.4 Å². The van der Waals surface area contributed by atoms with E-state index in [1.54, 1.807) is 72.5 Å². The molecule has 1 aliphatic rings. The monoisotopic (exact) mass is 567 g/mol. The number of halogens is 1. The maximum absolute atomic E-state index is 13.5. The minimum atomic E-state index is -4.12. The number of carbonyl (C=O) groups is 1. The number of hydrogen-bond acceptors (Lipinski definition) is 6. The van der Waals surface area contributed by atoms with Gasteiger partial charge in [-0.15, -0.1) is 11.8 Å². The van der Waals surface area contributed by atoms with Gasteiger partial charge in [-0.25, -0.2) is 13.2 Å². The molecule has 0 aromatic heterocycles. The predicted octanol–water partition coefficient (Wildman–Crippen LogP) is 7.60. The van der Waals surface area contributed by atoms with Crippen LogP contribution in [0, 0.1) is 11.3 Å². The summed E-state index contributed by atoms with van der Waals surface area (Å²) in [6.45, 7) is 14.6. The lowest BCUT2D eigenvalue weighted by molar-refractivity contribution is 0.0282. The average Bonchev–Trinajstić information content (AvgIpc) is 3.29. The van der Waals surface area contributed by atoms with Crippen LogP contribution < -0.4 is 4.74 Å². The van der Waals surface area contributed by atoms with Gasteiger partial charge in [-0.2, -0.15) is 4.31 Å². The summed E-state index contributed by atoms with van der Waals surface area (Å²) in [5.41, 5.74) is -0.679. The molecule has 1 saturated carbocycles. The molecule has 1 amide bonds. The molecule has 2 atom stereocenters. The second-order valence-electron chi connectivity index (χ2n) is 12.0. The summed E-state index contributed by atoms with van der Waals surface area (Å²) in [5.74, 6) is 2.36. The molecule has 3 rings (SSSR count). The normalized spacial score (nSPS) is 19.3. The molecular weight excluding hydrogens is 530 g/mol. The standard InChI is InChI=1S/C28H38ClNO5S2/c1-26(2,3)30(25(31)35-27(4,5)6)37(32,33)20-13-10-18(11-14-20)24-21(28(24,7)8)17-36-23-16-19(29)12-15-22(23)34-9/h10-16,21,24H,17H2,1-9H3/t21-,24-/m1/s1. The van der Waals surface area contributed by atoms with Gasteiger partial charge in [-0.05, 0) is 94.7 Å². The Kier molecular flexibility index (Phi) is 8.29. The smallest absolute Gasteiger partial charge is 0.424 e. The number of thioether (sulfide) groups is 1. The molecule has 0 radical (unpaired) electrons. The van der Waals surface area contributed by atoms with Crippen molar-refractivity contribution in [3.8, 4) is 5.75 Å². The number of methoxy groups -OCH3 is 1. The van der Waals surface area contributed by atoms with Crippen LogP contribution in [0.3, 0.4) is 0 Å². The molecule has 6 nitrogen and oxygen atoms in total. The van der Waals surface area contributed by atoms with Gasteiger partial charge in [0.15, 0.2) is 0 Å². The van der Waals surface area contributed by atoms with E-state index in [-0.39, 0.29) is 16.2 Å². The van der Waals surface area contributed by atoms with E-state index in [0.29, 0.717) is 10.9 Å². The molecule has 1 aliphatic carbocycles. The van der Waals surface area contributed by atoms with Crippen LogP contribution in [0.2, 0.25) is 5.02 Å². The van der Waals surface area contributed by atoms with Crippen LogP contribution in [0.15, 0.2) is 52.3 Å². The first kappa shape index (κ1) is 29.7. The van der Waals surface area contributed by atoms with E-state index in [9.17, 15) is 13.2 Å². The maximum atomic E-state index is 13.5. The van der Waals surface area contributed by atoms with Crippen LogP contribution in [0.1, 0.15) is 66.9 Å². The highest BCUT2D eigenvalue weighted by Gasteiger charge is 2.57. The van der Waals surface area contributed by atoms with Gasteiger partial charge in [0, 0.05) is 10.8 Å². The Morgan fingerprint density at radius 1 is 1.05 bits per heavy atom. The van der Waals surface area contributed by atoms with Gasteiger partial charge < -0.3 is 9.47 Å². The number of ether oxygens (including phenoxy) is 2. The summed E-state index contributed by atoms with van der Waals surface area (Å²) in [4.78, 5) is 14.0. The van der Waals surface area contributed by atoms with Crippen LogP contribution >= 0.6 is 23.4 Å². The lowest BCUT2D eigenvalue weighted by Crippen LogP contribution is -2.51. The van der Waals surface area contributed by atoms with Crippen LogP contribution in [0.25, 0.3) is 0 Å². The molecule has 0 bridgehead atoms. The Balaban J connectivity index is 1.80. The van der Waals surface area contributed by atoms with Crippen LogP contribution in [0.4, 0.5) is 4.79 Å². The van der Waals surface area contributed by atoms with Gasteiger partial charge in [-0.3, -0.25) is 0 Å². The molecule has 2 aromatic rings. The van der Waals surface area contributed by atoms with Crippen molar-refractivity contribution < 1.29 is 22.7 Å². The fourth-order valence-corrected chi connectivity index (χ4v) is 8.02. The molecule has 0 heterocycles. The highest BCUT2D eigenvalue weighted by Crippen LogP contribution is 2.65. The zero-order valence-corrected chi connectivity index (χ0v) is 25.5. The Bertz CT molecular complexity index is 1240. The molecule has 0 aliphatic heterocycles. The average molecular weight is 568 g/mol. The number of nitrogens with zero attached hydrogens (tertiary/aromatic N) is 1. The molecule has 2 aromatic carbocycles. The zero-order chi connectivity index (χ0) is 28.0. The summed E-state index contributed by atoms with van der Waals surface area (Å²) >= 11 is 7.90. The van der Waals surface area contributed by atoms with Gasteiger partial charge in [-0.1, -0.05) is 37.6 Å². The van der Waals surface area contributed by atoms with E-state index in [4.69, 9.17) is 21.1 Å². The Labute approximate surface area is 231 Å². The predicted molar refractivity (Wildman–Crippen MR) is 150 cm³/mol. The third-order valence-corrected chi connectivity index (χ3v) is 9.98. The van der Waals surface area contributed by atoms with Gasteiger partial charge >= 0.3 is 6.09 Å². The van der Waals surface area contributed by atoms with Gasteiger partial charge in [0.2, 0.25) is 0 Å². The topological polar surface area (TPSA) is 72.9 Å². The van der Waals surface area contributed by atoms with Crippen molar-refractivity contribution in [2.75, 3.05) is 12.9 Å². The van der Waals surface area contributed by atoms with Crippen molar-refractivity contribution in [2.45, 2.75) is 82.2 Å². The molecule has 1 fully saturated rings. The van der Waals surface area contributed by atoms with Crippen LogP contribution in [0.5, 0.6) is 5.75 Å². The van der Waals surface area contributed by atoms with Gasteiger partial charge in [0.1, 0.15) is 11.4 Å². The molecule has 0 saturated heterocycles. The number of sulfonamides is 1. The summed E-state index contributed by atoms with van der Waals surface area (Å²) in [5, 5.41) is 0.669. The summed E-state index contributed by atoms with van der Waals surface area (Å²) in [6.07, 6.45) is -0.888. The fourth-order valence-electron chi connectivity index (χ4n) is 4.65. The Hall–Kier alpha value is -1.90. The molecule has 204 valence electrons. The second-order valence-corrected chi connectivity index (χ2v) is 15.3. The van der Waals surface area contributed by atoms with Crippen LogP contribution in [-0.2, 0) is 14.8 Å². The summed E-state index contributed by atoms with van der Waals surface area (Å²) in [6, 6.07) is 12.5. The first-order chi connectivity index (χ1) is 16.9. The van der Waals surface area contributed by atoms with E-state index in [0.717, 1.165) is 26.3 Å². The van der Waals surface area contributed by atoms with Crippen molar-refractivity contribution >= 4 is 39.5 Å². The lowest BCUT2D eigenvalue weighted by Gasteiger charge is -2.35. The minimum Gasteiger partial charge on any atom is -0.496 e. The van der Waals surface area contributed by atoms with E-state index >= 15 is 0 Å². The van der Waals surface area contributed by atoms with E-state index in [1.165, 1.54) is 0 Å². The maximum Gasteiger partial charge on any atom is 0.424 e. The molecule has 0 unspecified atom stereocenters. The Morgan fingerprint density at radius 2 is 1.65 bits per heavy atom. The number of benzene rings is 2. The minimum absolute atomic E-state index is 0.0603. The largest absolute Gasteiger partial charge is 0.496 e. The quantitative estimate of drug-likeness (QED) is 0.321. The van der Waals surface area contributed by atoms with E-state index < -0.39 is 27.3 Å². The number of carbonyl (C=O) groups excluding carboxylic acids is 1. The van der Waals surface area contributed by atoms with Crippen molar-refractivity contribution in [1.29, 1.82) is 0 Å². The number of rotatable bonds is 7. The summed E-state index contributed by atoms with van der Waals surface area (Å²) in [7, 11) is -2.48. The molecule has 9 heteroatoms. The van der Waals surface area contributed by atoms with Crippen molar-refractivity contribution in [1.82, 2.24) is 4.31 Å². The van der Waals surface area contributed by atoms with Crippen molar-refractivity contribution in [3.05, 3.63) is 53.1 Å². The highest BCUT2D eigenvalue weighted by atomic mass is 35.5. The fraction of sp³-hybridized carbons (Fsp3) is 0.536. The Morgan fingerprint density at radius 3 is 2.16 bits per heavy atom. The van der Waals surface area contributed by atoms with E-state index in [1.807, 2.05) is 30.3 Å². The van der Waals surface area contributed by atoms with Crippen LogP contribution in [-0.4, -0.2) is 42.8 Å². The van der Waals surface area contributed by atoms with Crippen molar-refractivity contribution in [2.24, 2.45) is 11.3 Å². The molecule has 0 spiro atoms. The number of hydrogen-bond donors (Lipinski definition) is 0. The molecule has 0 N–H and O–H groups in total.